The predicted molar refractivity (Wildman–Crippen MR) is 103 cm³/mol. The number of imidazole rings is 1. The van der Waals surface area contributed by atoms with Crippen LogP contribution in [0.2, 0.25) is 5.02 Å². The second-order valence-corrected chi connectivity index (χ2v) is 6.74. The second kappa shape index (κ2) is 6.78. The number of aromatic amines is 1. The molecule has 2 heterocycles. The van der Waals surface area contributed by atoms with E-state index in [1.165, 1.54) is 0 Å². The van der Waals surface area contributed by atoms with Gasteiger partial charge in [-0.1, -0.05) is 29.3 Å². The van der Waals surface area contributed by atoms with Gasteiger partial charge in [-0.05, 0) is 31.2 Å². The first kappa shape index (κ1) is 18.8. The summed E-state index contributed by atoms with van der Waals surface area (Å²) in [5.41, 5.74) is 5.09. The van der Waals surface area contributed by atoms with E-state index in [1.54, 1.807) is 24.3 Å². The number of carbonyl (C=O) groups is 1. The number of hydrogen-bond acceptors (Lipinski definition) is 4. The Kier molecular flexibility index (Phi) is 4.39. The summed E-state index contributed by atoms with van der Waals surface area (Å²) in [6.07, 6.45) is 0. The summed E-state index contributed by atoms with van der Waals surface area (Å²) in [4.78, 5) is 35.0. The van der Waals surface area contributed by atoms with Crippen LogP contribution < -0.4 is 11.4 Å². The van der Waals surface area contributed by atoms with Gasteiger partial charge in [0.05, 0.1) is 11.3 Å². The molecule has 0 atom stereocenters. The lowest BCUT2D eigenvalue weighted by Gasteiger charge is -2.08. The molecule has 29 heavy (non-hydrogen) atoms. The van der Waals surface area contributed by atoms with Crippen molar-refractivity contribution in [2.45, 2.75) is 6.92 Å². The van der Waals surface area contributed by atoms with E-state index in [2.05, 4.69) is 15.0 Å². The summed E-state index contributed by atoms with van der Waals surface area (Å²) in [5.74, 6) is -3.49. The maximum atomic E-state index is 14.4. The third-order valence-corrected chi connectivity index (χ3v) is 4.51. The van der Waals surface area contributed by atoms with Gasteiger partial charge in [0, 0.05) is 5.02 Å². The summed E-state index contributed by atoms with van der Waals surface area (Å²) in [6.45, 7) is 1.87. The van der Waals surface area contributed by atoms with Crippen molar-refractivity contribution in [2.75, 3.05) is 0 Å². The Hall–Kier alpha value is -3.59. The summed E-state index contributed by atoms with van der Waals surface area (Å²) in [5, 5.41) is -0.154. The highest BCUT2D eigenvalue weighted by molar-refractivity contribution is 6.30. The van der Waals surface area contributed by atoms with Crippen LogP contribution in [0.4, 0.5) is 8.78 Å². The molecule has 0 saturated heterocycles. The number of aryl methyl sites for hydroxylation is 1. The van der Waals surface area contributed by atoms with Gasteiger partial charge < -0.3 is 10.7 Å². The fraction of sp³-hybridized carbons (Fsp3) is 0.0526. The van der Waals surface area contributed by atoms with E-state index >= 15 is 0 Å². The van der Waals surface area contributed by atoms with Crippen molar-refractivity contribution in [2.24, 2.45) is 5.73 Å². The molecule has 146 valence electrons. The van der Waals surface area contributed by atoms with Crippen LogP contribution in [0.15, 0.2) is 41.2 Å². The Bertz CT molecular complexity index is 1320. The molecular weight excluding hydrogens is 404 g/mol. The zero-order chi connectivity index (χ0) is 20.9. The van der Waals surface area contributed by atoms with Crippen molar-refractivity contribution in [3.05, 3.63) is 74.8 Å². The molecular formula is C19H12ClF2N5O2. The van der Waals surface area contributed by atoms with Gasteiger partial charge in [-0.2, -0.15) is 0 Å². The molecule has 1 amide bonds. The van der Waals surface area contributed by atoms with Crippen LogP contribution >= 0.6 is 11.6 Å². The van der Waals surface area contributed by atoms with E-state index in [-0.39, 0.29) is 21.9 Å². The fourth-order valence-electron chi connectivity index (χ4n) is 2.96. The third kappa shape index (κ3) is 3.15. The molecule has 0 radical (unpaired) electrons. The largest absolute Gasteiger partial charge is 0.364 e. The van der Waals surface area contributed by atoms with E-state index < -0.39 is 34.6 Å². The second-order valence-electron chi connectivity index (χ2n) is 6.30. The molecule has 2 aromatic carbocycles. The van der Waals surface area contributed by atoms with Gasteiger partial charge in [-0.15, -0.1) is 0 Å². The number of H-pyrrole nitrogens is 1. The Labute approximate surface area is 166 Å². The molecule has 4 aromatic rings. The normalized spacial score (nSPS) is 11.2. The molecule has 0 saturated carbocycles. The minimum Gasteiger partial charge on any atom is -0.364 e. The molecule has 2 aromatic heterocycles. The van der Waals surface area contributed by atoms with Crippen molar-refractivity contribution >= 4 is 28.7 Å². The first-order chi connectivity index (χ1) is 13.8. The van der Waals surface area contributed by atoms with Gasteiger partial charge in [-0.3, -0.25) is 4.79 Å². The van der Waals surface area contributed by atoms with Gasteiger partial charge in [0.1, 0.15) is 17.2 Å². The summed E-state index contributed by atoms with van der Waals surface area (Å²) < 4.78 is 30.0. The van der Waals surface area contributed by atoms with Crippen LogP contribution in [0.3, 0.4) is 0 Å². The van der Waals surface area contributed by atoms with E-state index in [9.17, 15) is 18.4 Å². The number of benzene rings is 2. The average Bonchev–Trinajstić information content (AvgIpc) is 2.96. The number of nitrogens with zero attached hydrogens (tertiary/aromatic N) is 3. The van der Waals surface area contributed by atoms with Crippen molar-refractivity contribution in [1.82, 2.24) is 19.5 Å². The minimum absolute atomic E-state index is 0.0402. The van der Waals surface area contributed by atoms with E-state index in [0.717, 1.165) is 22.3 Å². The maximum absolute atomic E-state index is 14.4. The molecule has 0 spiro atoms. The molecule has 0 fully saturated rings. The van der Waals surface area contributed by atoms with Gasteiger partial charge in [0.15, 0.2) is 17.2 Å². The van der Waals surface area contributed by atoms with Crippen molar-refractivity contribution in [3.63, 3.8) is 0 Å². The van der Waals surface area contributed by atoms with Gasteiger partial charge in [0.2, 0.25) is 0 Å². The number of nitrogens with two attached hydrogens (primary N) is 1. The maximum Gasteiger partial charge on any atom is 0.332 e. The lowest BCUT2D eigenvalue weighted by molar-refractivity contribution is 0.0997. The Morgan fingerprint density at radius 1 is 1.14 bits per heavy atom. The topological polar surface area (TPSA) is 107 Å². The summed E-state index contributed by atoms with van der Waals surface area (Å²) in [7, 11) is 0. The Balaban J connectivity index is 2.09. The number of primary amides is 1. The van der Waals surface area contributed by atoms with Crippen LogP contribution in [-0.4, -0.2) is 25.4 Å². The predicted octanol–water partition coefficient (Wildman–Crippen LogP) is 3.11. The van der Waals surface area contributed by atoms with Gasteiger partial charge >= 0.3 is 5.69 Å². The SMILES string of the molecule is Cc1ccc(-n2c(=O)[nH]c3c(C(N)=O)nc(-c4c(F)cc(Cl)cc4F)nc32)cc1. The smallest absolute Gasteiger partial charge is 0.332 e. The van der Waals surface area contributed by atoms with Crippen molar-refractivity contribution in [3.8, 4) is 17.1 Å². The van der Waals surface area contributed by atoms with Crippen LogP contribution in [0.5, 0.6) is 0 Å². The highest BCUT2D eigenvalue weighted by Crippen LogP contribution is 2.28. The highest BCUT2D eigenvalue weighted by atomic mass is 35.5. The lowest BCUT2D eigenvalue weighted by atomic mass is 10.1. The number of halogens is 3. The first-order valence-electron chi connectivity index (χ1n) is 8.31. The monoisotopic (exact) mass is 415 g/mol. The molecule has 0 aliphatic carbocycles. The molecule has 3 N–H and O–H groups in total. The summed E-state index contributed by atoms with van der Waals surface area (Å²) >= 11 is 5.66. The molecule has 0 bridgehead atoms. The average molecular weight is 416 g/mol. The molecule has 7 nitrogen and oxygen atoms in total. The van der Waals surface area contributed by atoms with Crippen LogP contribution in [-0.2, 0) is 0 Å². The number of amides is 1. The van der Waals surface area contributed by atoms with Gasteiger partial charge in [-0.25, -0.2) is 28.1 Å². The van der Waals surface area contributed by atoms with Crippen LogP contribution in [0.25, 0.3) is 28.2 Å². The highest BCUT2D eigenvalue weighted by Gasteiger charge is 2.23. The molecule has 10 heteroatoms. The number of carbonyl (C=O) groups excluding carboxylic acids is 1. The fourth-order valence-corrected chi connectivity index (χ4v) is 3.16. The van der Waals surface area contributed by atoms with E-state index in [4.69, 9.17) is 17.3 Å². The summed E-state index contributed by atoms with van der Waals surface area (Å²) in [6, 6.07) is 8.66. The number of rotatable bonds is 3. The van der Waals surface area contributed by atoms with E-state index in [0.29, 0.717) is 5.69 Å². The first-order valence-corrected chi connectivity index (χ1v) is 8.68. The van der Waals surface area contributed by atoms with Gasteiger partial charge in [0.25, 0.3) is 5.91 Å². The van der Waals surface area contributed by atoms with Crippen molar-refractivity contribution < 1.29 is 13.6 Å². The quantitative estimate of drug-likeness (QED) is 0.536. The molecule has 0 aliphatic heterocycles. The molecule has 0 aliphatic rings. The Morgan fingerprint density at radius 2 is 1.76 bits per heavy atom. The van der Waals surface area contributed by atoms with Crippen LogP contribution in [0, 0.1) is 18.6 Å². The number of aromatic nitrogens is 4. The molecule has 4 rings (SSSR count). The standard InChI is InChI=1S/C19H12ClF2N5O2/c1-8-2-4-10(5-3-8)27-18-15(25-19(27)29)14(16(23)28)24-17(26-18)13-11(21)6-9(20)7-12(13)22/h2-7H,1H3,(H2,23,28)(H,25,29). The molecule has 0 unspecified atom stereocenters. The minimum atomic E-state index is -1.02. The zero-order valence-electron chi connectivity index (χ0n) is 14.8. The zero-order valence-corrected chi connectivity index (χ0v) is 15.6. The van der Waals surface area contributed by atoms with Crippen LogP contribution in [0.1, 0.15) is 16.1 Å². The number of hydrogen-bond donors (Lipinski definition) is 2. The number of fused-ring (bicyclic) bond motifs is 1. The van der Waals surface area contributed by atoms with E-state index in [1.807, 2.05) is 6.92 Å². The lowest BCUT2D eigenvalue weighted by Crippen LogP contribution is -2.16. The van der Waals surface area contributed by atoms with Crippen molar-refractivity contribution in [1.29, 1.82) is 0 Å². The Morgan fingerprint density at radius 3 is 2.34 bits per heavy atom. The third-order valence-electron chi connectivity index (χ3n) is 4.29. The number of nitrogens with one attached hydrogen (secondary N) is 1.